The molecule has 0 saturated carbocycles. The maximum Gasteiger partial charge on any atom is 0.120 e. The number of nitrogens with two attached hydrogens (primary N) is 1. The molecule has 1 unspecified atom stereocenters. The van der Waals surface area contributed by atoms with Crippen LogP contribution in [0.15, 0.2) is 46.9 Å². The van der Waals surface area contributed by atoms with Crippen molar-refractivity contribution < 1.29 is 4.74 Å². The molecule has 2 N–H and O–H groups in total. The molecule has 0 bridgehead atoms. The minimum atomic E-state index is -0.167. The normalized spacial score (nSPS) is 12.5. The van der Waals surface area contributed by atoms with Gasteiger partial charge in [-0.3, -0.25) is 0 Å². The lowest BCUT2D eigenvalue weighted by atomic mass is 9.98. The molecule has 106 valence electrons. The quantitative estimate of drug-likeness (QED) is 0.887. The Labute approximate surface area is 129 Å². The SMILES string of the molecule is Cc1cccc(C(N)c2cccc(OC(C)C)c2)c1Br. The Morgan fingerprint density at radius 1 is 1.10 bits per heavy atom. The minimum Gasteiger partial charge on any atom is -0.491 e. The van der Waals surface area contributed by atoms with E-state index in [0.717, 1.165) is 21.3 Å². The fourth-order valence-corrected chi connectivity index (χ4v) is 2.65. The topological polar surface area (TPSA) is 35.2 Å². The maximum atomic E-state index is 6.40. The average Bonchev–Trinajstić information content (AvgIpc) is 2.41. The molecular weight excluding hydrogens is 314 g/mol. The van der Waals surface area contributed by atoms with Gasteiger partial charge in [0.2, 0.25) is 0 Å². The summed E-state index contributed by atoms with van der Waals surface area (Å²) < 4.78 is 6.80. The molecule has 0 fully saturated rings. The Balaban J connectivity index is 2.33. The number of ether oxygens (including phenoxy) is 1. The predicted molar refractivity (Wildman–Crippen MR) is 87.1 cm³/mol. The number of hydrogen-bond acceptors (Lipinski definition) is 2. The van der Waals surface area contributed by atoms with Gasteiger partial charge in [-0.05, 0) is 49.6 Å². The monoisotopic (exact) mass is 333 g/mol. The molecule has 2 nitrogen and oxygen atoms in total. The summed E-state index contributed by atoms with van der Waals surface area (Å²) in [5.41, 5.74) is 9.73. The van der Waals surface area contributed by atoms with Gasteiger partial charge in [0, 0.05) is 4.47 Å². The number of benzene rings is 2. The van der Waals surface area contributed by atoms with E-state index in [1.54, 1.807) is 0 Å². The highest BCUT2D eigenvalue weighted by Gasteiger charge is 2.14. The molecule has 2 aromatic carbocycles. The number of rotatable bonds is 4. The zero-order valence-corrected chi connectivity index (χ0v) is 13.6. The van der Waals surface area contributed by atoms with Crippen LogP contribution in [0.25, 0.3) is 0 Å². The second kappa shape index (κ2) is 6.42. The standard InChI is InChI=1S/C17H20BrNO/c1-11(2)20-14-8-5-7-13(10-14)17(19)15-9-4-6-12(3)16(15)18/h4-11,17H,19H2,1-3H3. The highest BCUT2D eigenvalue weighted by atomic mass is 79.9. The van der Waals surface area contributed by atoms with Gasteiger partial charge in [-0.25, -0.2) is 0 Å². The summed E-state index contributed by atoms with van der Waals surface area (Å²) in [6.07, 6.45) is 0.159. The Kier molecular flexibility index (Phi) is 4.84. The van der Waals surface area contributed by atoms with E-state index in [1.165, 1.54) is 5.56 Å². The lowest BCUT2D eigenvalue weighted by Crippen LogP contribution is -2.13. The Hall–Kier alpha value is -1.32. The smallest absolute Gasteiger partial charge is 0.120 e. The third-order valence-corrected chi connectivity index (χ3v) is 4.23. The molecule has 0 spiro atoms. The highest BCUT2D eigenvalue weighted by molar-refractivity contribution is 9.10. The predicted octanol–water partition coefficient (Wildman–Crippen LogP) is 4.59. The fourth-order valence-electron chi connectivity index (χ4n) is 2.14. The van der Waals surface area contributed by atoms with Gasteiger partial charge in [0.05, 0.1) is 12.1 Å². The number of halogens is 1. The molecule has 0 radical (unpaired) electrons. The largest absolute Gasteiger partial charge is 0.491 e. The Bertz CT molecular complexity index is 595. The maximum absolute atomic E-state index is 6.40. The van der Waals surface area contributed by atoms with Crippen LogP contribution in [0.3, 0.4) is 0 Å². The molecule has 2 aromatic rings. The lowest BCUT2D eigenvalue weighted by Gasteiger charge is -2.17. The van der Waals surface area contributed by atoms with Crippen LogP contribution in [0.2, 0.25) is 0 Å². The van der Waals surface area contributed by atoms with Gasteiger partial charge in [-0.15, -0.1) is 0 Å². The van der Waals surface area contributed by atoms with Crippen LogP contribution in [0, 0.1) is 6.92 Å². The molecule has 0 heterocycles. The molecule has 0 aliphatic heterocycles. The van der Waals surface area contributed by atoms with E-state index in [9.17, 15) is 0 Å². The summed E-state index contributed by atoms with van der Waals surface area (Å²) >= 11 is 3.63. The van der Waals surface area contributed by atoms with Gasteiger partial charge in [-0.1, -0.05) is 46.3 Å². The molecule has 3 heteroatoms. The third kappa shape index (κ3) is 3.41. The Morgan fingerprint density at radius 3 is 2.50 bits per heavy atom. The summed E-state index contributed by atoms with van der Waals surface area (Å²) in [6.45, 7) is 6.10. The van der Waals surface area contributed by atoms with Crippen LogP contribution in [-0.2, 0) is 0 Å². The van der Waals surface area contributed by atoms with Gasteiger partial charge in [0.1, 0.15) is 5.75 Å². The van der Waals surface area contributed by atoms with Crippen molar-refractivity contribution in [3.8, 4) is 5.75 Å². The van der Waals surface area contributed by atoms with Crippen LogP contribution in [-0.4, -0.2) is 6.10 Å². The molecule has 0 amide bonds. The van der Waals surface area contributed by atoms with Crippen molar-refractivity contribution in [1.29, 1.82) is 0 Å². The first-order chi connectivity index (χ1) is 9.49. The fraction of sp³-hybridized carbons (Fsp3) is 0.294. The first-order valence-electron chi connectivity index (χ1n) is 6.76. The van der Waals surface area contributed by atoms with Gasteiger partial charge in [0.25, 0.3) is 0 Å². The van der Waals surface area contributed by atoms with E-state index >= 15 is 0 Å². The molecule has 0 aromatic heterocycles. The van der Waals surface area contributed by atoms with Gasteiger partial charge >= 0.3 is 0 Å². The Morgan fingerprint density at radius 2 is 1.80 bits per heavy atom. The van der Waals surface area contributed by atoms with E-state index < -0.39 is 0 Å². The summed E-state index contributed by atoms with van der Waals surface area (Å²) in [4.78, 5) is 0. The second-order valence-corrected chi connectivity index (χ2v) is 5.99. The van der Waals surface area contributed by atoms with Crippen molar-refractivity contribution in [3.63, 3.8) is 0 Å². The third-order valence-electron chi connectivity index (χ3n) is 3.15. The van der Waals surface area contributed by atoms with Crippen LogP contribution in [0.1, 0.15) is 36.6 Å². The zero-order chi connectivity index (χ0) is 14.7. The lowest BCUT2D eigenvalue weighted by molar-refractivity contribution is 0.242. The minimum absolute atomic E-state index is 0.159. The first kappa shape index (κ1) is 15.1. The van der Waals surface area contributed by atoms with E-state index in [2.05, 4.69) is 35.0 Å². The van der Waals surface area contributed by atoms with Gasteiger partial charge in [-0.2, -0.15) is 0 Å². The van der Waals surface area contributed by atoms with E-state index in [-0.39, 0.29) is 12.1 Å². The second-order valence-electron chi connectivity index (χ2n) is 5.19. The van der Waals surface area contributed by atoms with E-state index in [1.807, 2.05) is 44.2 Å². The molecule has 0 aliphatic carbocycles. The first-order valence-corrected chi connectivity index (χ1v) is 7.55. The van der Waals surface area contributed by atoms with Crippen molar-refractivity contribution in [2.45, 2.75) is 32.9 Å². The van der Waals surface area contributed by atoms with Crippen LogP contribution >= 0.6 is 15.9 Å². The molecule has 2 rings (SSSR count). The van der Waals surface area contributed by atoms with Crippen molar-refractivity contribution >= 4 is 15.9 Å². The summed E-state index contributed by atoms with van der Waals surface area (Å²) in [7, 11) is 0. The van der Waals surface area contributed by atoms with Crippen LogP contribution in [0.4, 0.5) is 0 Å². The van der Waals surface area contributed by atoms with Gasteiger partial charge in [0.15, 0.2) is 0 Å². The molecule has 0 aliphatic rings. The summed E-state index contributed by atoms with van der Waals surface area (Å²) in [5, 5.41) is 0. The van der Waals surface area contributed by atoms with Crippen molar-refractivity contribution in [1.82, 2.24) is 0 Å². The summed E-state index contributed by atoms with van der Waals surface area (Å²) in [6, 6.07) is 14.0. The molecule has 0 saturated heterocycles. The van der Waals surface area contributed by atoms with Crippen LogP contribution in [0.5, 0.6) is 5.75 Å². The van der Waals surface area contributed by atoms with E-state index in [4.69, 9.17) is 10.5 Å². The molecular formula is C17H20BrNO. The number of hydrogen-bond donors (Lipinski definition) is 1. The van der Waals surface area contributed by atoms with Crippen molar-refractivity contribution in [3.05, 3.63) is 63.6 Å². The van der Waals surface area contributed by atoms with Gasteiger partial charge < -0.3 is 10.5 Å². The van der Waals surface area contributed by atoms with E-state index in [0.29, 0.717) is 0 Å². The van der Waals surface area contributed by atoms with Crippen molar-refractivity contribution in [2.75, 3.05) is 0 Å². The van der Waals surface area contributed by atoms with Crippen LogP contribution < -0.4 is 10.5 Å². The number of aryl methyl sites for hydroxylation is 1. The highest BCUT2D eigenvalue weighted by Crippen LogP contribution is 2.30. The molecule has 1 atom stereocenters. The van der Waals surface area contributed by atoms with Crippen molar-refractivity contribution in [2.24, 2.45) is 5.73 Å². The molecule has 20 heavy (non-hydrogen) atoms. The average molecular weight is 334 g/mol. The zero-order valence-electron chi connectivity index (χ0n) is 12.1. The summed E-state index contributed by atoms with van der Waals surface area (Å²) in [5.74, 6) is 0.858.